The number of hydrogen-bond donors (Lipinski definition) is 0. The highest BCUT2D eigenvalue weighted by Gasteiger charge is 1.98. The van der Waals surface area contributed by atoms with E-state index >= 15 is 0 Å². The Hall–Kier alpha value is -1.34. The van der Waals surface area contributed by atoms with Crippen molar-refractivity contribution >= 4 is 10.8 Å². The summed E-state index contributed by atoms with van der Waals surface area (Å²) in [6.45, 7) is 2.45. The number of rotatable bonds is 6. The largest absolute Gasteiger partial charge is 0.494 e. The molecule has 0 bridgehead atoms. The summed E-state index contributed by atoms with van der Waals surface area (Å²) in [6.07, 6.45) is 0.775. The first kappa shape index (κ1) is 12.7. The first-order chi connectivity index (χ1) is 7.76. The smallest absolute Gasteiger partial charge is 0.120 e. The molecule has 1 aromatic carbocycles. The lowest BCUT2D eigenvalue weighted by molar-refractivity contribution is 0.318. The first-order valence-electron chi connectivity index (χ1n) is 5.24. The SMILES string of the molecule is CCS(=O)CCCOc1cccc(C#N)c1. The van der Waals surface area contributed by atoms with Gasteiger partial charge in [-0.3, -0.25) is 4.21 Å². The molecule has 1 aromatic rings. The van der Waals surface area contributed by atoms with Crippen LogP contribution >= 0.6 is 0 Å². The van der Waals surface area contributed by atoms with Crippen molar-refractivity contribution in [1.82, 2.24) is 0 Å². The van der Waals surface area contributed by atoms with E-state index in [1.54, 1.807) is 18.2 Å². The van der Waals surface area contributed by atoms with Gasteiger partial charge in [0.15, 0.2) is 0 Å². The molecule has 0 saturated carbocycles. The van der Waals surface area contributed by atoms with Crippen LogP contribution in [0.3, 0.4) is 0 Å². The Morgan fingerprint density at radius 3 is 3.00 bits per heavy atom. The Labute approximate surface area is 98.5 Å². The van der Waals surface area contributed by atoms with Crippen LogP contribution in [0.4, 0.5) is 0 Å². The van der Waals surface area contributed by atoms with Crippen LogP contribution in [-0.2, 0) is 10.8 Å². The fourth-order valence-electron chi connectivity index (χ4n) is 1.21. The average molecular weight is 237 g/mol. The fourth-order valence-corrected chi connectivity index (χ4v) is 1.94. The van der Waals surface area contributed by atoms with Crippen LogP contribution in [0.15, 0.2) is 24.3 Å². The van der Waals surface area contributed by atoms with Crippen LogP contribution in [0.2, 0.25) is 0 Å². The Morgan fingerprint density at radius 2 is 2.31 bits per heavy atom. The highest BCUT2D eigenvalue weighted by atomic mass is 32.2. The van der Waals surface area contributed by atoms with Gasteiger partial charge < -0.3 is 4.74 Å². The Morgan fingerprint density at radius 1 is 1.50 bits per heavy atom. The van der Waals surface area contributed by atoms with E-state index < -0.39 is 10.8 Å². The molecule has 0 aliphatic heterocycles. The van der Waals surface area contributed by atoms with Crippen molar-refractivity contribution in [1.29, 1.82) is 5.26 Å². The summed E-state index contributed by atoms with van der Waals surface area (Å²) in [7, 11) is -0.723. The predicted octanol–water partition coefficient (Wildman–Crippen LogP) is 2.10. The molecule has 0 aliphatic rings. The topological polar surface area (TPSA) is 50.1 Å². The molecule has 0 radical (unpaired) electrons. The van der Waals surface area contributed by atoms with Gasteiger partial charge in [-0.2, -0.15) is 5.26 Å². The Kier molecular flexibility index (Phi) is 5.58. The summed E-state index contributed by atoms with van der Waals surface area (Å²) in [4.78, 5) is 0. The van der Waals surface area contributed by atoms with E-state index in [0.29, 0.717) is 29.4 Å². The third kappa shape index (κ3) is 4.45. The van der Waals surface area contributed by atoms with Gasteiger partial charge in [-0.15, -0.1) is 0 Å². The minimum atomic E-state index is -0.723. The number of hydrogen-bond acceptors (Lipinski definition) is 3. The molecule has 0 spiro atoms. The maximum atomic E-state index is 11.1. The van der Waals surface area contributed by atoms with Gasteiger partial charge in [0, 0.05) is 22.3 Å². The lowest BCUT2D eigenvalue weighted by atomic mass is 10.2. The normalized spacial score (nSPS) is 11.8. The van der Waals surface area contributed by atoms with Crippen molar-refractivity contribution in [2.75, 3.05) is 18.1 Å². The Bertz CT molecular complexity index is 398. The molecule has 16 heavy (non-hydrogen) atoms. The van der Waals surface area contributed by atoms with Gasteiger partial charge >= 0.3 is 0 Å². The third-order valence-electron chi connectivity index (χ3n) is 2.07. The minimum Gasteiger partial charge on any atom is -0.494 e. The number of nitriles is 1. The van der Waals surface area contributed by atoms with Gasteiger partial charge in [-0.25, -0.2) is 0 Å². The molecule has 1 rings (SSSR count). The van der Waals surface area contributed by atoms with Gasteiger partial charge in [0.1, 0.15) is 5.75 Å². The molecule has 4 heteroatoms. The number of ether oxygens (including phenoxy) is 1. The van der Waals surface area contributed by atoms with E-state index in [1.165, 1.54) is 0 Å². The van der Waals surface area contributed by atoms with Crippen LogP contribution < -0.4 is 4.74 Å². The van der Waals surface area contributed by atoms with Gasteiger partial charge in [0.25, 0.3) is 0 Å². The van der Waals surface area contributed by atoms with Crippen LogP contribution in [-0.4, -0.2) is 22.3 Å². The van der Waals surface area contributed by atoms with Crippen molar-refractivity contribution in [2.24, 2.45) is 0 Å². The maximum absolute atomic E-state index is 11.1. The molecule has 1 unspecified atom stereocenters. The first-order valence-corrected chi connectivity index (χ1v) is 6.73. The fraction of sp³-hybridized carbons (Fsp3) is 0.417. The second-order valence-corrected chi connectivity index (χ2v) is 5.14. The molecule has 3 nitrogen and oxygen atoms in total. The molecule has 86 valence electrons. The van der Waals surface area contributed by atoms with Gasteiger partial charge in [-0.05, 0) is 24.6 Å². The molecule has 0 saturated heterocycles. The molecule has 0 aliphatic carbocycles. The van der Waals surface area contributed by atoms with Crippen molar-refractivity contribution in [2.45, 2.75) is 13.3 Å². The molecule has 0 amide bonds. The van der Waals surface area contributed by atoms with Gasteiger partial charge in [0.05, 0.1) is 18.2 Å². The molecule has 0 fully saturated rings. The van der Waals surface area contributed by atoms with Crippen LogP contribution in [0.1, 0.15) is 18.9 Å². The second kappa shape index (κ2) is 7.02. The zero-order valence-corrected chi connectivity index (χ0v) is 10.1. The third-order valence-corrected chi connectivity index (χ3v) is 3.46. The summed E-state index contributed by atoms with van der Waals surface area (Å²) in [6, 6.07) is 9.10. The van der Waals surface area contributed by atoms with Crippen LogP contribution in [0, 0.1) is 11.3 Å². The van der Waals surface area contributed by atoms with E-state index in [9.17, 15) is 4.21 Å². The number of benzene rings is 1. The predicted molar refractivity (Wildman–Crippen MR) is 64.8 cm³/mol. The van der Waals surface area contributed by atoms with E-state index in [4.69, 9.17) is 10.00 Å². The van der Waals surface area contributed by atoms with E-state index in [2.05, 4.69) is 6.07 Å². The molecular weight excluding hydrogens is 222 g/mol. The van der Waals surface area contributed by atoms with Crippen LogP contribution in [0.5, 0.6) is 5.75 Å². The summed E-state index contributed by atoms with van der Waals surface area (Å²) in [5, 5.41) is 8.69. The zero-order valence-electron chi connectivity index (χ0n) is 9.31. The molecule has 1 atom stereocenters. The highest BCUT2D eigenvalue weighted by Crippen LogP contribution is 2.12. The van der Waals surface area contributed by atoms with Gasteiger partial charge in [-0.1, -0.05) is 13.0 Å². The van der Waals surface area contributed by atoms with E-state index in [-0.39, 0.29) is 0 Å². The summed E-state index contributed by atoms with van der Waals surface area (Å²) in [5.41, 5.74) is 0.592. The zero-order chi connectivity index (χ0) is 11.8. The maximum Gasteiger partial charge on any atom is 0.120 e. The quantitative estimate of drug-likeness (QED) is 0.712. The minimum absolute atomic E-state index is 0.542. The second-order valence-electron chi connectivity index (χ2n) is 3.27. The van der Waals surface area contributed by atoms with Crippen molar-refractivity contribution < 1.29 is 8.95 Å². The van der Waals surface area contributed by atoms with Crippen LogP contribution in [0.25, 0.3) is 0 Å². The molecule has 0 N–H and O–H groups in total. The standard InChI is InChI=1S/C12H15NO2S/c1-2-16(14)8-4-7-15-12-6-3-5-11(9-12)10-13/h3,5-6,9H,2,4,7-8H2,1H3. The lowest BCUT2D eigenvalue weighted by Crippen LogP contribution is -2.05. The summed E-state index contributed by atoms with van der Waals surface area (Å²) >= 11 is 0. The molecular formula is C12H15NO2S. The molecule has 0 aromatic heterocycles. The summed E-state index contributed by atoms with van der Waals surface area (Å²) < 4.78 is 16.6. The van der Waals surface area contributed by atoms with E-state index in [0.717, 1.165) is 6.42 Å². The Balaban J connectivity index is 2.32. The van der Waals surface area contributed by atoms with E-state index in [1.807, 2.05) is 13.0 Å². The average Bonchev–Trinajstić information content (AvgIpc) is 2.34. The monoisotopic (exact) mass is 237 g/mol. The lowest BCUT2D eigenvalue weighted by Gasteiger charge is -2.05. The van der Waals surface area contributed by atoms with Crippen molar-refractivity contribution in [3.8, 4) is 11.8 Å². The van der Waals surface area contributed by atoms with Crippen molar-refractivity contribution in [3.63, 3.8) is 0 Å². The molecule has 0 heterocycles. The highest BCUT2D eigenvalue weighted by molar-refractivity contribution is 7.84. The van der Waals surface area contributed by atoms with Crippen molar-refractivity contribution in [3.05, 3.63) is 29.8 Å². The number of nitrogens with zero attached hydrogens (tertiary/aromatic N) is 1. The summed E-state index contributed by atoms with van der Waals surface area (Å²) in [5.74, 6) is 2.07. The van der Waals surface area contributed by atoms with Gasteiger partial charge in [0.2, 0.25) is 0 Å².